The summed E-state index contributed by atoms with van der Waals surface area (Å²) in [6.45, 7) is 4.06. The molecule has 1 heterocycles. The number of nitrogens with zero attached hydrogens (tertiary/aromatic N) is 3. The van der Waals surface area contributed by atoms with Crippen molar-refractivity contribution in [1.29, 1.82) is 0 Å². The van der Waals surface area contributed by atoms with Crippen LogP contribution in [0.4, 0.5) is 5.69 Å². The number of hydrogen-bond donors (Lipinski definition) is 0. The molecule has 4 nitrogen and oxygen atoms in total. The van der Waals surface area contributed by atoms with Crippen LogP contribution in [0.5, 0.6) is 0 Å². The van der Waals surface area contributed by atoms with Crippen molar-refractivity contribution >= 4 is 17.3 Å². The lowest BCUT2D eigenvalue weighted by Crippen LogP contribution is -2.33. The van der Waals surface area contributed by atoms with Crippen LogP contribution in [0.3, 0.4) is 0 Å². The second-order valence-electron chi connectivity index (χ2n) is 5.72. The van der Waals surface area contributed by atoms with Crippen LogP contribution in [0.25, 0.3) is 0 Å². The number of rotatable bonds is 5. The Bertz CT molecular complexity index is 494. The first-order valence-electron chi connectivity index (χ1n) is 7.60. The van der Waals surface area contributed by atoms with E-state index in [9.17, 15) is 4.79 Å². The van der Waals surface area contributed by atoms with E-state index in [0.717, 1.165) is 31.1 Å². The van der Waals surface area contributed by atoms with Gasteiger partial charge in [-0.25, -0.2) is 4.68 Å². The summed E-state index contributed by atoms with van der Waals surface area (Å²) in [5, 5.41) is 4.41. The molecule has 5 heteroatoms. The van der Waals surface area contributed by atoms with Gasteiger partial charge in [0.15, 0.2) is 0 Å². The van der Waals surface area contributed by atoms with Crippen LogP contribution in [-0.4, -0.2) is 22.9 Å². The third-order valence-corrected chi connectivity index (χ3v) is 4.45. The molecule has 2 rings (SSSR count). The van der Waals surface area contributed by atoms with E-state index in [-0.39, 0.29) is 5.56 Å². The fourth-order valence-electron chi connectivity index (χ4n) is 2.98. The topological polar surface area (TPSA) is 38.1 Å². The monoisotopic (exact) mass is 297 g/mol. The quantitative estimate of drug-likeness (QED) is 0.837. The molecule has 0 atom stereocenters. The van der Waals surface area contributed by atoms with E-state index in [1.165, 1.54) is 36.8 Å². The average Bonchev–Trinajstić information content (AvgIpc) is 2.46. The van der Waals surface area contributed by atoms with E-state index in [1.807, 2.05) is 0 Å². The molecule has 0 bridgehead atoms. The number of halogens is 1. The lowest BCUT2D eigenvalue weighted by molar-refractivity contribution is 0.358. The summed E-state index contributed by atoms with van der Waals surface area (Å²) in [4.78, 5) is 14.2. The number of hydrogen-bond acceptors (Lipinski definition) is 3. The van der Waals surface area contributed by atoms with Crippen molar-refractivity contribution in [2.45, 2.75) is 45.4 Å². The number of anilines is 1. The van der Waals surface area contributed by atoms with Gasteiger partial charge in [-0.05, 0) is 25.2 Å². The molecule has 112 valence electrons. The zero-order chi connectivity index (χ0) is 14.5. The maximum atomic E-state index is 11.9. The molecular weight excluding hydrogens is 274 g/mol. The first-order valence-corrected chi connectivity index (χ1v) is 7.98. The molecule has 20 heavy (non-hydrogen) atoms. The van der Waals surface area contributed by atoms with Crippen molar-refractivity contribution in [2.75, 3.05) is 18.0 Å². The molecule has 1 aromatic heterocycles. The summed E-state index contributed by atoms with van der Waals surface area (Å²) in [7, 11) is 1.63. The van der Waals surface area contributed by atoms with Crippen molar-refractivity contribution in [3.63, 3.8) is 0 Å². The molecule has 0 amide bonds. The highest BCUT2D eigenvalue weighted by Crippen LogP contribution is 2.28. The van der Waals surface area contributed by atoms with Crippen LogP contribution in [0.1, 0.15) is 45.4 Å². The van der Waals surface area contributed by atoms with Crippen LogP contribution in [0.2, 0.25) is 5.02 Å². The summed E-state index contributed by atoms with van der Waals surface area (Å²) >= 11 is 6.23. The van der Waals surface area contributed by atoms with E-state index >= 15 is 0 Å². The fraction of sp³-hybridized carbons (Fsp3) is 0.733. The smallest absolute Gasteiger partial charge is 0.287 e. The Balaban J connectivity index is 2.19. The number of aromatic nitrogens is 2. The summed E-state index contributed by atoms with van der Waals surface area (Å²) in [6, 6.07) is 0. The van der Waals surface area contributed by atoms with Gasteiger partial charge >= 0.3 is 0 Å². The van der Waals surface area contributed by atoms with Crippen LogP contribution < -0.4 is 10.5 Å². The summed E-state index contributed by atoms with van der Waals surface area (Å²) in [5.41, 5.74) is 0.580. The second-order valence-corrected chi connectivity index (χ2v) is 6.10. The predicted molar refractivity (Wildman–Crippen MR) is 83.6 cm³/mol. The third kappa shape index (κ3) is 3.54. The minimum atomic E-state index is -0.214. The van der Waals surface area contributed by atoms with Gasteiger partial charge < -0.3 is 4.90 Å². The zero-order valence-electron chi connectivity index (χ0n) is 12.4. The first-order chi connectivity index (χ1) is 9.63. The van der Waals surface area contributed by atoms with Gasteiger partial charge in [-0.15, -0.1) is 0 Å². The van der Waals surface area contributed by atoms with Crippen molar-refractivity contribution in [1.82, 2.24) is 9.78 Å². The Morgan fingerprint density at radius 1 is 1.40 bits per heavy atom. The maximum absolute atomic E-state index is 11.9. The second kappa shape index (κ2) is 7.11. The number of aryl methyl sites for hydroxylation is 1. The maximum Gasteiger partial charge on any atom is 0.287 e. The molecule has 1 aliphatic rings. The SMILES string of the molecule is CCCN(CC1CCCCC1)c1cnn(C)c(=O)c1Cl. The molecule has 0 aromatic carbocycles. The lowest BCUT2D eigenvalue weighted by atomic mass is 9.89. The molecule has 1 aliphatic carbocycles. The van der Waals surface area contributed by atoms with Crippen LogP contribution >= 0.6 is 11.6 Å². The normalized spacial score (nSPS) is 16.4. The summed E-state index contributed by atoms with van der Waals surface area (Å²) in [5.74, 6) is 0.718. The Labute approximate surface area is 125 Å². The highest BCUT2D eigenvalue weighted by Gasteiger charge is 2.20. The van der Waals surface area contributed by atoms with E-state index in [4.69, 9.17) is 11.6 Å². The third-order valence-electron chi connectivity index (χ3n) is 4.10. The van der Waals surface area contributed by atoms with Crippen LogP contribution in [0.15, 0.2) is 11.0 Å². The lowest BCUT2D eigenvalue weighted by Gasteiger charge is -2.31. The van der Waals surface area contributed by atoms with Crippen LogP contribution in [-0.2, 0) is 7.05 Å². The molecule has 1 fully saturated rings. The predicted octanol–water partition coefficient (Wildman–Crippen LogP) is 3.23. The Morgan fingerprint density at radius 3 is 2.75 bits per heavy atom. The highest BCUT2D eigenvalue weighted by molar-refractivity contribution is 6.33. The van der Waals surface area contributed by atoms with Crippen molar-refractivity contribution in [3.8, 4) is 0 Å². The molecule has 0 N–H and O–H groups in total. The average molecular weight is 298 g/mol. The molecule has 0 aliphatic heterocycles. The van der Waals surface area contributed by atoms with Gasteiger partial charge in [0.1, 0.15) is 5.02 Å². The molecular formula is C15H24ClN3O. The molecule has 0 radical (unpaired) electrons. The van der Waals surface area contributed by atoms with E-state index in [2.05, 4.69) is 16.9 Å². The van der Waals surface area contributed by atoms with Gasteiger partial charge in [0, 0.05) is 20.1 Å². The van der Waals surface area contributed by atoms with E-state index in [0.29, 0.717) is 5.02 Å². The van der Waals surface area contributed by atoms with Gasteiger partial charge in [-0.2, -0.15) is 5.10 Å². The highest BCUT2D eigenvalue weighted by atomic mass is 35.5. The molecule has 0 spiro atoms. The molecule has 1 aromatic rings. The van der Waals surface area contributed by atoms with Gasteiger partial charge in [0.25, 0.3) is 5.56 Å². The van der Waals surface area contributed by atoms with Gasteiger partial charge in [0.05, 0.1) is 11.9 Å². The van der Waals surface area contributed by atoms with Crippen LogP contribution in [0, 0.1) is 5.92 Å². The minimum absolute atomic E-state index is 0.214. The fourth-order valence-corrected chi connectivity index (χ4v) is 3.27. The Hall–Kier alpha value is -1.03. The first kappa shape index (κ1) is 15.4. The molecule has 0 saturated heterocycles. The minimum Gasteiger partial charge on any atom is -0.369 e. The zero-order valence-corrected chi connectivity index (χ0v) is 13.2. The standard InChI is InChI=1S/C15H24ClN3O/c1-3-9-19(11-12-7-5-4-6-8-12)13-10-17-18(2)15(20)14(13)16/h10,12H,3-9,11H2,1-2H3. The van der Waals surface area contributed by atoms with Crippen molar-refractivity contribution in [3.05, 3.63) is 21.6 Å². The summed E-state index contributed by atoms with van der Waals surface area (Å²) < 4.78 is 1.29. The van der Waals surface area contributed by atoms with Gasteiger partial charge in [-0.3, -0.25) is 4.79 Å². The van der Waals surface area contributed by atoms with Gasteiger partial charge in [0.2, 0.25) is 0 Å². The van der Waals surface area contributed by atoms with E-state index < -0.39 is 0 Å². The van der Waals surface area contributed by atoms with Gasteiger partial charge in [-0.1, -0.05) is 37.8 Å². The van der Waals surface area contributed by atoms with Crippen molar-refractivity contribution in [2.24, 2.45) is 13.0 Å². The molecule has 1 saturated carbocycles. The molecule has 0 unspecified atom stereocenters. The van der Waals surface area contributed by atoms with E-state index in [1.54, 1.807) is 13.2 Å². The summed E-state index contributed by atoms with van der Waals surface area (Å²) in [6.07, 6.45) is 9.35. The Morgan fingerprint density at radius 2 is 2.10 bits per heavy atom. The Kier molecular flexibility index (Phi) is 5.46. The van der Waals surface area contributed by atoms with Crippen molar-refractivity contribution < 1.29 is 0 Å². The largest absolute Gasteiger partial charge is 0.369 e.